The van der Waals surface area contributed by atoms with E-state index < -0.39 is 4.92 Å². The van der Waals surface area contributed by atoms with Gasteiger partial charge in [-0.05, 0) is 24.7 Å². The maximum absolute atomic E-state index is 10.9. The second kappa shape index (κ2) is 6.58. The molecule has 2 rings (SSSR count). The minimum absolute atomic E-state index is 0.0280. The highest BCUT2D eigenvalue weighted by Crippen LogP contribution is 2.27. The molecule has 0 aromatic carbocycles. The maximum atomic E-state index is 10.9. The van der Waals surface area contributed by atoms with E-state index in [2.05, 4.69) is 15.7 Å². The molecule has 7 nitrogen and oxygen atoms in total. The zero-order chi connectivity index (χ0) is 13.7. The van der Waals surface area contributed by atoms with Crippen molar-refractivity contribution in [2.45, 2.75) is 24.5 Å². The molecule has 0 saturated carbocycles. The quantitative estimate of drug-likeness (QED) is 0.431. The van der Waals surface area contributed by atoms with Crippen LogP contribution in [0, 0.1) is 10.1 Å². The lowest BCUT2D eigenvalue weighted by molar-refractivity contribution is -0.384. The zero-order valence-electron chi connectivity index (χ0n) is 10.5. The minimum Gasteiger partial charge on any atom is -0.363 e. The van der Waals surface area contributed by atoms with Gasteiger partial charge in [0.1, 0.15) is 5.82 Å². The molecule has 0 spiro atoms. The first-order valence-electron chi connectivity index (χ1n) is 6.18. The number of pyridine rings is 1. The van der Waals surface area contributed by atoms with Gasteiger partial charge in [0.2, 0.25) is 5.82 Å². The monoisotopic (exact) mass is 283 g/mol. The van der Waals surface area contributed by atoms with Gasteiger partial charge in [0.15, 0.2) is 0 Å². The number of hydrazine groups is 1. The van der Waals surface area contributed by atoms with Gasteiger partial charge < -0.3 is 10.7 Å². The molecule has 2 heterocycles. The number of anilines is 2. The van der Waals surface area contributed by atoms with Crippen molar-refractivity contribution in [3.63, 3.8) is 0 Å². The molecule has 1 unspecified atom stereocenters. The van der Waals surface area contributed by atoms with Gasteiger partial charge in [-0.2, -0.15) is 11.8 Å². The fraction of sp³-hybridized carbons (Fsp3) is 0.545. The van der Waals surface area contributed by atoms with E-state index >= 15 is 0 Å². The Bertz CT molecular complexity index is 451. The van der Waals surface area contributed by atoms with E-state index in [1.165, 1.54) is 25.0 Å². The van der Waals surface area contributed by atoms with Gasteiger partial charge in [-0.25, -0.2) is 10.8 Å². The number of thioether (sulfide) groups is 1. The number of hydrogen-bond donors (Lipinski definition) is 3. The van der Waals surface area contributed by atoms with Crippen molar-refractivity contribution < 1.29 is 4.92 Å². The first-order chi connectivity index (χ1) is 9.20. The van der Waals surface area contributed by atoms with Gasteiger partial charge in [0.25, 0.3) is 0 Å². The van der Waals surface area contributed by atoms with Crippen molar-refractivity contribution >= 4 is 29.1 Å². The van der Waals surface area contributed by atoms with Crippen LogP contribution in [0.25, 0.3) is 0 Å². The van der Waals surface area contributed by atoms with E-state index in [0.29, 0.717) is 17.6 Å². The summed E-state index contributed by atoms with van der Waals surface area (Å²) in [6.45, 7) is 0.687. The summed E-state index contributed by atoms with van der Waals surface area (Å²) in [5.74, 6) is 7.11. The predicted octanol–water partition coefficient (Wildman–Crippen LogP) is 1.97. The van der Waals surface area contributed by atoms with Crippen LogP contribution in [0.5, 0.6) is 0 Å². The predicted molar refractivity (Wildman–Crippen MR) is 77.3 cm³/mol. The van der Waals surface area contributed by atoms with Crippen LogP contribution < -0.4 is 16.6 Å². The molecule has 19 heavy (non-hydrogen) atoms. The van der Waals surface area contributed by atoms with Crippen LogP contribution in [0.2, 0.25) is 0 Å². The molecule has 1 fully saturated rings. The molecule has 0 radical (unpaired) electrons. The van der Waals surface area contributed by atoms with E-state index in [9.17, 15) is 10.1 Å². The molecule has 8 heteroatoms. The van der Waals surface area contributed by atoms with Gasteiger partial charge in [0.05, 0.1) is 4.92 Å². The molecule has 1 aliphatic rings. The van der Waals surface area contributed by atoms with E-state index in [4.69, 9.17) is 5.84 Å². The summed E-state index contributed by atoms with van der Waals surface area (Å²) in [6.07, 6.45) is 3.62. The summed E-state index contributed by atoms with van der Waals surface area (Å²) in [6, 6.07) is 2.89. The zero-order valence-corrected chi connectivity index (χ0v) is 11.3. The number of hydrogen-bond acceptors (Lipinski definition) is 7. The number of nitrogens with zero attached hydrogens (tertiary/aromatic N) is 2. The minimum atomic E-state index is -0.441. The van der Waals surface area contributed by atoms with Crippen LogP contribution in [0.15, 0.2) is 12.1 Å². The van der Waals surface area contributed by atoms with Crippen LogP contribution in [0.3, 0.4) is 0 Å². The van der Waals surface area contributed by atoms with Gasteiger partial charge in [-0.15, -0.1) is 0 Å². The van der Waals surface area contributed by atoms with Gasteiger partial charge >= 0.3 is 5.69 Å². The van der Waals surface area contributed by atoms with E-state index in [1.54, 1.807) is 0 Å². The molecule has 0 amide bonds. The van der Waals surface area contributed by atoms with Crippen LogP contribution in [0.1, 0.15) is 19.3 Å². The van der Waals surface area contributed by atoms with Crippen LogP contribution in [0.4, 0.5) is 17.3 Å². The third-order valence-electron chi connectivity index (χ3n) is 2.99. The largest absolute Gasteiger partial charge is 0.363 e. The molecular weight excluding hydrogens is 266 g/mol. The van der Waals surface area contributed by atoms with Crippen molar-refractivity contribution in [3.8, 4) is 0 Å². The van der Waals surface area contributed by atoms with E-state index in [-0.39, 0.29) is 11.5 Å². The van der Waals surface area contributed by atoms with E-state index in [1.807, 2.05) is 11.8 Å². The first-order valence-corrected chi connectivity index (χ1v) is 7.23. The highest BCUT2D eigenvalue weighted by Gasteiger charge is 2.19. The summed E-state index contributed by atoms with van der Waals surface area (Å²) in [7, 11) is 0. The molecule has 1 aromatic rings. The van der Waals surface area contributed by atoms with Crippen molar-refractivity contribution in [1.29, 1.82) is 0 Å². The summed E-state index contributed by atoms with van der Waals surface area (Å²) in [5.41, 5.74) is 2.36. The number of nitrogens with one attached hydrogen (secondary N) is 2. The first kappa shape index (κ1) is 13.9. The summed E-state index contributed by atoms with van der Waals surface area (Å²) >= 11 is 1.91. The highest BCUT2D eigenvalue weighted by atomic mass is 32.2. The van der Waals surface area contributed by atoms with Crippen molar-refractivity contribution in [1.82, 2.24) is 4.98 Å². The number of nitro groups is 1. The van der Waals surface area contributed by atoms with E-state index in [0.717, 1.165) is 12.2 Å². The Morgan fingerprint density at radius 3 is 3.00 bits per heavy atom. The lowest BCUT2D eigenvalue weighted by Crippen LogP contribution is -2.21. The molecule has 104 valence electrons. The summed E-state index contributed by atoms with van der Waals surface area (Å²) in [5, 5.41) is 14.5. The van der Waals surface area contributed by atoms with Crippen molar-refractivity contribution in [2.24, 2.45) is 5.84 Å². The van der Waals surface area contributed by atoms with Gasteiger partial charge in [0, 0.05) is 17.9 Å². The maximum Gasteiger partial charge on any atom is 0.311 e. The lowest BCUT2D eigenvalue weighted by atomic mass is 10.2. The third kappa shape index (κ3) is 3.71. The fourth-order valence-electron chi connectivity index (χ4n) is 1.99. The molecule has 0 aliphatic carbocycles. The SMILES string of the molecule is NNc1ccc([N+](=O)[O-])c(NCC2CCCCS2)n1. The fourth-order valence-corrected chi connectivity index (χ4v) is 3.23. The molecule has 1 atom stereocenters. The van der Waals surface area contributed by atoms with Crippen molar-refractivity contribution in [3.05, 3.63) is 22.2 Å². The number of rotatable bonds is 5. The van der Waals surface area contributed by atoms with Crippen LogP contribution in [-0.2, 0) is 0 Å². The Morgan fingerprint density at radius 2 is 2.37 bits per heavy atom. The Labute approximate surface area is 115 Å². The smallest absolute Gasteiger partial charge is 0.311 e. The Morgan fingerprint density at radius 1 is 1.53 bits per heavy atom. The van der Waals surface area contributed by atoms with Crippen LogP contribution >= 0.6 is 11.8 Å². The van der Waals surface area contributed by atoms with Crippen molar-refractivity contribution in [2.75, 3.05) is 23.0 Å². The standard InChI is InChI=1S/C11H17N5O2S/c12-15-10-5-4-9(16(17)18)11(14-10)13-7-8-3-1-2-6-19-8/h4-5,8H,1-3,6-7,12H2,(H2,13,14,15). The van der Waals surface area contributed by atoms with Crippen LogP contribution in [-0.4, -0.2) is 27.5 Å². The number of nitrogen functional groups attached to an aromatic ring is 1. The second-order valence-electron chi connectivity index (χ2n) is 4.34. The summed E-state index contributed by atoms with van der Waals surface area (Å²) in [4.78, 5) is 14.6. The molecular formula is C11H17N5O2S. The molecule has 1 aromatic heterocycles. The summed E-state index contributed by atoms with van der Waals surface area (Å²) < 4.78 is 0. The molecule has 1 aliphatic heterocycles. The average molecular weight is 283 g/mol. The molecule has 1 saturated heterocycles. The van der Waals surface area contributed by atoms with Gasteiger partial charge in [-0.3, -0.25) is 10.1 Å². The average Bonchev–Trinajstić information content (AvgIpc) is 2.45. The van der Waals surface area contributed by atoms with Gasteiger partial charge in [-0.1, -0.05) is 6.42 Å². The topological polar surface area (TPSA) is 106 Å². The lowest BCUT2D eigenvalue weighted by Gasteiger charge is -2.21. The Hall–Kier alpha value is -1.54. The Kier molecular flexibility index (Phi) is 4.80. The molecule has 4 N–H and O–H groups in total. The molecule has 0 bridgehead atoms. The number of aromatic nitrogens is 1. The third-order valence-corrected chi connectivity index (χ3v) is 4.39. The number of nitrogens with two attached hydrogens (primary N) is 1. The normalized spacial score (nSPS) is 18.9. The highest BCUT2D eigenvalue weighted by molar-refractivity contribution is 7.99. The Balaban J connectivity index is 2.06. The second-order valence-corrected chi connectivity index (χ2v) is 5.74.